The minimum absolute atomic E-state index is 0.00981. The van der Waals surface area contributed by atoms with E-state index in [9.17, 15) is 9.90 Å². The summed E-state index contributed by atoms with van der Waals surface area (Å²) in [7, 11) is 0. The Morgan fingerprint density at radius 1 is 1.19 bits per heavy atom. The Balaban J connectivity index is 2.00. The fraction of sp³-hybridized carbons (Fsp3) is 0.125. The van der Waals surface area contributed by atoms with Gasteiger partial charge in [0.1, 0.15) is 5.75 Å². The van der Waals surface area contributed by atoms with Gasteiger partial charge in [-0.1, -0.05) is 30.3 Å². The van der Waals surface area contributed by atoms with Gasteiger partial charge in [-0.15, -0.1) is 0 Å². The summed E-state index contributed by atoms with van der Waals surface area (Å²) in [6.45, 7) is 3.63. The van der Waals surface area contributed by atoms with E-state index in [4.69, 9.17) is 0 Å². The Morgan fingerprint density at radius 2 is 1.95 bits per heavy atom. The third-order valence-electron chi connectivity index (χ3n) is 3.51. The van der Waals surface area contributed by atoms with Gasteiger partial charge in [0, 0.05) is 5.39 Å². The van der Waals surface area contributed by atoms with E-state index in [0.717, 1.165) is 11.1 Å². The number of phenolic OH excluding ortho intramolecular Hbond substituents is 1. The SMILES string of the molecule is Cc1n[nH]c(C)c1NC(=O)c1ccc2ccccc2c1O. The lowest BCUT2D eigenvalue weighted by atomic mass is 10.0. The first-order valence-corrected chi connectivity index (χ1v) is 6.61. The Morgan fingerprint density at radius 3 is 2.67 bits per heavy atom. The molecule has 0 aliphatic carbocycles. The molecule has 5 heteroatoms. The highest BCUT2D eigenvalue weighted by Gasteiger charge is 2.16. The number of aryl methyl sites for hydroxylation is 2. The number of benzene rings is 2. The van der Waals surface area contributed by atoms with E-state index in [1.165, 1.54) is 0 Å². The average molecular weight is 281 g/mol. The smallest absolute Gasteiger partial charge is 0.259 e. The number of anilines is 1. The van der Waals surface area contributed by atoms with E-state index in [-0.39, 0.29) is 17.2 Å². The Bertz CT molecular complexity index is 817. The van der Waals surface area contributed by atoms with Crippen LogP contribution in [0.25, 0.3) is 10.8 Å². The molecule has 106 valence electrons. The van der Waals surface area contributed by atoms with Crippen LogP contribution < -0.4 is 5.32 Å². The van der Waals surface area contributed by atoms with Gasteiger partial charge in [-0.3, -0.25) is 9.89 Å². The van der Waals surface area contributed by atoms with Crippen molar-refractivity contribution in [2.24, 2.45) is 0 Å². The van der Waals surface area contributed by atoms with Crippen molar-refractivity contribution >= 4 is 22.4 Å². The second kappa shape index (κ2) is 4.94. The monoisotopic (exact) mass is 281 g/mol. The van der Waals surface area contributed by atoms with Crippen LogP contribution in [0.3, 0.4) is 0 Å². The number of hydrogen-bond acceptors (Lipinski definition) is 3. The molecule has 0 spiro atoms. The fourth-order valence-electron chi connectivity index (χ4n) is 2.35. The lowest BCUT2D eigenvalue weighted by Crippen LogP contribution is -2.13. The van der Waals surface area contributed by atoms with Crippen LogP contribution in [0.4, 0.5) is 5.69 Å². The summed E-state index contributed by atoms with van der Waals surface area (Å²) in [6, 6.07) is 10.8. The van der Waals surface area contributed by atoms with Crippen LogP contribution in [0.5, 0.6) is 5.75 Å². The maximum absolute atomic E-state index is 12.4. The molecule has 0 saturated heterocycles. The van der Waals surface area contributed by atoms with Gasteiger partial charge in [-0.05, 0) is 25.3 Å². The summed E-state index contributed by atoms with van der Waals surface area (Å²) in [5.74, 6) is -0.366. The molecule has 0 aliphatic heterocycles. The van der Waals surface area contributed by atoms with Crippen LogP contribution in [0, 0.1) is 13.8 Å². The number of aromatic amines is 1. The van der Waals surface area contributed by atoms with Crippen molar-refractivity contribution in [1.82, 2.24) is 10.2 Å². The van der Waals surface area contributed by atoms with Gasteiger partial charge in [-0.2, -0.15) is 5.10 Å². The second-order valence-corrected chi connectivity index (χ2v) is 4.95. The van der Waals surface area contributed by atoms with E-state index in [1.807, 2.05) is 31.2 Å². The number of carbonyl (C=O) groups is 1. The Labute approximate surface area is 121 Å². The normalized spacial score (nSPS) is 10.8. The average Bonchev–Trinajstić information content (AvgIpc) is 2.79. The molecule has 0 atom stereocenters. The van der Waals surface area contributed by atoms with Crippen molar-refractivity contribution in [3.63, 3.8) is 0 Å². The third-order valence-corrected chi connectivity index (χ3v) is 3.51. The van der Waals surface area contributed by atoms with Crippen LogP contribution in [0.15, 0.2) is 36.4 Å². The van der Waals surface area contributed by atoms with Crippen molar-refractivity contribution in [1.29, 1.82) is 0 Å². The molecule has 0 unspecified atom stereocenters. The Kier molecular flexibility index (Phi) is 3.10. The predicted molar refractivity (Wildman–Crippen MR) is 81.6 cm³/mol. The molecule has 0 bridgehead atoms. The molecule has 0 saturated carbocycles. The molecular weight excluding hydrogens is 266 g/mol. The number of phenols is 1. The van der Waals surface area contributed by atoms with Crippen LogP contribution in [-0.4, -0.2) is 21.2 Å². The van der Waals surface area contributed by atoms with Gasteiger partial charge >= 0.3 is 0 Å². The first-order chi connectivity index (χ1) is 10.1. The maximum Gasteiger partial charge on any atom is 0.259 e. The third kappa shape index (κ3) is 2.23. The van der Waals surface area contributed by atoms with Gasteiger partial charge in [0.2, 0.25) is 0 Å². The fourth-order valence-corrected chi connectivity index (χ4v) is 2.35. The van der Waals surface area contributed by atoms with Crippen molar-refractivity contribution in [3.05, 3.63) is 53.3 Å². The number of fused-ring (bicyclic) bond motifs is 1. The summed E-state index contributed by atoms with van der Waals surface area (Å²) in [5, 5.41) is 21.5. The van der Waals surface area contributed by atoms with E-state index in [1.54, 1.807) is 19.1 Å². The number of amides is 1. The number of aromatic hydroxyl groups is 1. The highest BCUT2D eigenvalue weighted by Crippen LogP contribution is 2.29. The Hall–Kier alpha value is -2.82. The van der Waals surface area contributed by atoms with Crippen molar-refractivity contribution in [3.8, 4) is 5.75 Å². The van der Waals surface area contributed by atoms with Crippen LogP contribution in [-0.2, 0) is 0 Å². The molecule has 3 aromatic rings. The molecule has 2 aromatic carbocycles. The van der Waals surface area contributed by atoms with Gasteiger partial charge in [0.05, 0.1) is 22.6 Å². The van der Waals surface area contributed by atoms with Crippen molar-refractivity contribution < 1.29 is 9.90 Å². The van der Waals surface area contributed by atoms with Crippen molar-refractivity contribution in [2.75, 3.05) is 5.32 Å². The molecule has 5 nitrogen and oxygen atoms in total. The first-order valence-electron chi connectivity index (χ1n) is 6.61. The quantitative estimate of drug-likeness (QED) is 0.675. The van der Waals surface area contributed by atoms with Crippen LogP contribution in [0.2, 0.25) is 0 Å². The van der Waals surface area contributed by atoms with Crippen LogP contribution >= 0.6 is 0 Å². The van der Waals surface area contributed by atoms with Crippen molar-refractivity contribution in [2.45, 2.75) is 13.8 Å². The lowest BCUT2D eigenvalue weighted by molar-refractivity contribution is 0.102. The highest BCUT2D eigenvalue weighted by molar-refractivity contribution is 6.10. The molecule has 0 radical (unpaired) electrons. The zero-order chi connectivity index (χ0) is 15.0. The van der Waals surface area contributed by atoms with E-state index in [0.29, 0.717) is 16.8 Å². The molecule has 1 aromatic heterocycles. The summed E-state index contributed by atoms with van der Waals surface area (Å²) >= 11 is 0. The first kappa shape index (κ1) is 13.2. The molecule has 3 N–H and O–H groups in total. The summed E-state index contributed by atoms with van der Waals surface area (Å²) in [4.78, 5) is 12.4. The standard InChI is InChI=1S/C16H15N3O2/c1-9-14(10(2)19-18-9)17-16(21)13-8-7-11-5-3-4-6-12(11)15(13)20/h3-8,20H,1-2H3,(H,17,21)(H,18,19). The number of aromatic nitrogens is 2. The zero-order valence-electron chi connectivity index (χ0n) is 11.8. The van der Waals surface area contributed by atoms with Crippen LogP contribution in [0.1, 0.15) is 21.7 Å². The number of hydrogen-bond donors (Lipinski definition) is 3. The second-order valence-electron chi connectivity index (χ2n) is 4.95. The molecule has 21 heavy (non-hydrogen) atoms. The molecule has 3 rings (SSSR count). The highest BCUT2D eigenvalue weighted by atomic mass is 16.3. The number of nitrogens with one attached hydrogen (secondary N) is 2. The largest absolute Gasteiger partial charge is 0.506 e. The van der Waals surface area contributed by atoms with Gasteiger partial charge in [-0.25, -0.2) is 0 Å². The van der Waals surface area contributed by atoms with E-state index in [2.05, 4.69) is 15.5 Å². The summed E-state index contributed by atoms with van der Waals surface area (Å²) in [6.07, 6.45) is 0. The van der Waals surface area contributed by atoms with E-state index < -0.39 is 0 Å². The number of carbonyl (C=O) groups excluding carboxylic acids is 1. The molecule has 0 aliphatic rings. The summed E-state index contributed by atoms with van der Waals surface area (Å²) < 4.78 is 0. The maximum atomic E-state index is 12.4. The molecular formula is C16H15N3O2. The minimum Gasteiger partial charge on any atom is -0.506 e. The lowest BCUT2D eigenvalue weighted by Gasteiger charge is -2.09. The number of nitrogens with zero attached hydrogens (tertiary/aromatic N) is 1. The summed E-state index contributed by atoms with van der Waals surface area (Å²) in [5.41, 5.74) is 2.38. The number of H-pyrrole nitrogens is 1. The zero-order valence-corrected chi connectivity index (χ0v) is 11.8. The van der Waals surface area contributed by atoms with Gasteiger partial charge < -0.3 is 10.4 Å². The topological polar surface area (TPSA) is 78.0 Å². The molecule has 1 amide bonds. The van der Waals surface area contributed by atoms with Gasteiger partial charge in [0.15, 0.2) is 0 Å². The minimum atomic E-state index is -0.356. The predicted octanol–water partition coefficient (Wildman–Crippen LogP) is 3.14. The number of rotatable bonds is 2. The molecule has 0 fully saturated rings. The molecule has 1 heterocycles. The van der Waals surface area contributed by atoms with E-state index >= 15 is 0 Å². The van der Waals surface area contributed by atoms with Gasteiger partial charge in [0.25, 0.3) is 5.91 Å².